The number of carboxylic acid groups (broad SMARTS) is 1. The van der Waals surface area contributed by atoms with Crippen molar-refractivity contribution in [3.05, 3.63) is 21.9 Å². The van der Waals surface area contributed by atoms with E-state index in [9.17, 15) is 4.79 Å². The van der Waals surface area contributed by atoms with Gasteiger partial charge in [-0.15, -0.1) is 22.7 Å². The van der Waals surface area contributed by atoms with E-state index in [1.165, 1.54) is 11.3 Å². The molecule has 0 aliphatic rings. The van der Waals surface area contributed by atoms with Crippen molar-refractivity contribution in [2.45, 2.75) is 6.92 Å². The van der Waals surface area contributed by atoms with Gasteiger partial charge in [0.25, 0.3) is 0 Å². The van der Waals surface area contributed by atoms with Crippen molar-refractivity contribution in [1.29, 1.82) is 0 Å². The van der Waals surface area contributed by atoms with Crippen LogP contribution in [0.15, 0.2) is 11.4 Å². The second-order valence-corrected chi connectivity index (χ2v) is 4.44. The summed E-state index contributed by atoms with van der Waals surface area (Å²) in [5.74, 6) is -0.819. The molecule has 2 heterocycles. The van der Waals surface area contributed by atoms with Crippen LogP contribution < -0.4 is 0 Å². The summed E-state index contributed by atoms with van der Waals surface area (Å²) >= 11 is 2.95. The average Bonchev–Trinajstić information content (AvgIpc) is 2.53. The highest BCUT2D eigenvalue weighted by Gasteiger charge is 2.14. The first-order valence-corrected chi connectivity index (χ1v) is 5.09. The number of hydrogen-bond acceptors (Lipinski definition) is 3. The number of fused-ring (bicyclic) bond motifs is 1. The summed E-state index contributed by atoms with van der Waals surface area (Å²) in [6, 6.07) is 1.96. The van der Waals surface area contributed by atoms with Gasteiger partial charge in [-0.1, -0.05) is 0 Å². The molecule has 0 radical (unpaired) electrons. The molecule has 2 aromatic rings. The molecule has 2 rings (SSSR count). The van der Waals surface area contributed by atoms with Gasteiger partial charge in [0.05, 0.1) is 0 Å². The number of thiophene rings is 2. The molecule has 2 aromatic heterocycles. The number of aromatic carboxylic acids is 1. The Morgan fingerprint density at radius 2 is 2.33 bits per heavy atom. The highest BCUT2D eigenvalue weighted by Crippen LogP contribution is 2.34. The van der Waals surface area contributed by atoms with E-state index in [4.69, 9.17) is 5.11 Å². The Morgan fingerprint density at radius 1 is 1.58 bits per heavy atom. The monoisotopic (exact) mass is 198 g/mol. The lowest BCUT2D eigenvalue weighted by atomic mass is 10.3. The quantitative estimate of drug-likeness (QED) is 0.764. The minimum atomic E-state index is -0.819. The summed E-state index contributed by atoms with van der Waals surface area (Å²) in [6.45, 7) is 1.86. The van der Waals surface area contributed by atoms with Crippen molar-refractivity contribution in [2.24, 2.45) is 0 Å². The summed E-state index contributed by atoms with van der Waals surface area (Å²) in [7, 11) is 0. The van der Waals surface area contributed by atoms with E-state index in [-0.39, 0.29) is 0 Å². The molecule has 12 heavy (non-hydrogen) atoms. The first-order chi connectivity index (χ1) is 5.70. The molecule has 0 unspecified atom stereocenters. The van der Waals surface area contributed by atoms with Gasteiger partial charge < -0.3 is 5.11 Å². The number of carboxylic acids is 1. The maximum atomic E-state index is 10.7. The standard InChI is InChI=1S/C8H6O2S2/c1-4-6-5(2-3-11-6)12-7(4)8(9)10/h2-3H,1H3,(H,9,10). The Balaban J connectivity index is 2.78. The van der Waals surface area contributed by atoms with Crippen LogP contribution in [0.5, 0.6) is 0 Å². The molecule has 0 saturated heterocycles. The van der Waals surface area contributed by atoms with Crippen LogP contribution in [-0.4, -0.2) is 11.1 Å². The Bertz CT molecular complexity index is 439. The fourth-order valence-electron chi connectivity index (χ4n) is 1.14. The average molecular weight is 198 g/mol. The Kier molecular flexibility index (Phi) is 1.66. The van der Waals surface area contributed by atoms with Gasteiger partial charge >= 0.3 is 5.97 Å². The summed E-state index contributed by atoms with van der Waals surface area (Å²) in [4.78, 5) is 11.2. The predicted molar refractivity (Wildman–Crippen MR) is 51.4 cm³/mol. The largest absolute Gasteiger partial charge is 0.477 e. The van der Waals surface area contributed by atoms with Crippen LogP contribution in [-0.2, 0) is 0 Å². The Labute approximate surface area is 77.1 Å². The smallest absolute Gasteiger partial charge is 0.346 e. The van der Waals surface area contributed by atoms with Crippen molar-refractivity contribution >= 4 is 38.0 Å². The molecule has 0 saturated carbocycles. The first-order valence-electron chi connectivity index (χ1n) is 3.40. The van der Waals surface area contributed by atoms with Crippen molar-refractivity contribution in [3.8, 4) is 0 Å². The topological polar surface area (TPSA) is 37.3 Å². The van der Waals surface area contributed by atoms with Crippen molar-refractivity contribution in [1.82, 2.24) is 0 Å². The van der Waals surface area contributed by atoms with Gasteiger partial charge in [0, 0.05) is 9.40 Å². The lowest BCUT2D eigenvalue weighted by molar-refractivity contribution is 0.0701. The molecular weight excluding hydrogens is 192 g/mol. The zero-order valence-electron chi connectivity index (χ0n) is 6.33. The number of rotatable bonds is 1. The molecule has 0 spiro atoms. The number of aryl methyl sites for hydroxylation is 1. The van der Waals surface area contributed by atoms with Crippen molar-refractivity contribution in [3.63, 3.8) is 0 Å². The van der Waals surface area contributed by atoms with E-state index in [2.05, 4.69) is 0 Å². The van der Waals surface area contributed by atoms with Gasteiger partial charge in [0.1, 0.15) is 4.88 Å². The van der Waals surface area contributed by atoms with Gasteiger partial charge in [0.15, 0.2) is 0 Å². The van der Waals surface area contributed by atoms with Crippen LogP contribution in [0.4, 0.5) is 0 Å². The van der Waals surface area contributed by atoms with Gasteiger partial charge in [0.2, 0.25) is 0 Å². The number of carbonyl (C=O) groups is 1. The van der Waals surface area contributed by atoms with Crippen LogP contribution in [0, 0.1) is 6.92 Å². The minimum absolute atomic E-state index is 0.469. The Hall–Kier alpha value is -0.870. The van der Waals surface area contributed by atoms with E-state index in [0.29, 0.717) is 4.88 Å². The molecule has 0 atom stereocenters. The van der Waals surface area contributed by atoms with E-state index in [0.717, 1.165) is 15.0 Å². The third kappa shape index (κ3) is 0.956. The molecule has 0 bridgehead atoms. The second-order valence-electron chi connectivity index (χ2n) is 2.48. The summed E-state index contributed by atoms with van der Waals surface area (Å²) in [6.07, 6.45) is 0. The lowest BCUT2D eigenvalue weighted by Gasteiger charge is -1.88. The zero-order valence-corrected chi connectivity index (χ0v) is 7.96. The molecule has 1 N–H and O–H groups in total. The molecule has 62 valence electrons. The molecular formula is C8H6O2S2. The van der Waals surface area contributed by atoms with Gasteiger partial charge in [-0.2, -0.15) is 0 Å². The summed E-state index contributed by atoms with van der Waals surface area (Å²) in [5.41, 5.74) is 0.900. The predicted octanol–water partition coefficient (Wildman–Crippen LogP) is 2.97. The van der Waals surface area contributed by atoms with Crippen LogP contribution in [0.25, 0.3) is 9.40 Å². The normalized spacial score (nSPS) is 10.8. The van der Waals surface area contributed by atoms with Crippen LogP contribution in [0.3, 0.4) is 0 Å². The molecule has 2 nitrogen and oxygen atoms in total. The molecule has 0 aliphatic heterocycles. The van der Waals surface area contributed by atoms with Crippen LogP contribution in [0.1, 0.15) is 15.2 Å². The van der Waals surface area contributed by atoms with Gasteiger partial charge in [-0.3, -0.25) is 0 Å². The number of hydrogen-bond donors (Lipinski definition) is 1. The maximum absolute atomic E-state index is 10.7. The lowest BCUT2D eigenvalue weighted by Crippen LogP contribution is -1.93. The van der Waals surface area contributed by atoms with Crippen LogP contribution >= 0.6 is 22.7 Å². The molecule has 0 aliphatic carbocycles. The van der Waals surface area contributed by atoms with Crippen molar-refractivity contribution in [2.75, 3.05) is 0 Å². The Morgan fingerprint density at radius 3 is 2.92 bits per heavy atom. The summed E-state index contributed by atoms with van der Waals surface area (Å²) < 4.78 is 2.19. The fourth-order valence-corrected chi connectivity index (χ4v) is 3.31. The van der Waals surface area contributed by atoms with Gasteiger partial charge in [-0.05, 0) is 23.9 Å². The third-order valence-corrected chi connectivity index (χ3v) is 4.12. The minimum Gasteiger partial charge on any atom is -0.477 e. The van der Waals surface area contributed by atoms with Gasteiger partial charge in [-0.25, -0.2) is 4.79 Å². The second kappa shape index (κ2) is 2.57. The highest BCUT2D eigenvalue weighted by molar-refractivity contribution is 7.28. The van der Waals surface area contributed by atoms with E-state index in [1.54, 1.807) is 11.3 Å². The first kappa shape index (κ1) is 7.76. The van der Waals surface area contributed by atoms with Crippen molar-refractivity contribution < 1.29 is 9.90 Å². The molecule has 0 amide bonds. The van der Waals surface area contributed by atoms with E-state index in [1.807, 2.05) is 18.4 Å². The third-order valence-electron chi connectivity index (χ3n) is 1.72. The molecule has 0 aromatic carbocycles. The van der Waals surface area contributed by atoms with Crippen LogP contribution in [0.2, 0.25) is 0 Å². The fraction of sp³-hybridized carbons (Fsp3) is 0.125. The zero-order chi connectivity index (χ0) is 8.72. The maximum Gasteiger partial charge on any atom is 0.346 e. The summed E-state index contributed by atoms with van der Waals surface area (Å²) in [5, 5.41) is 10.8. The molecule has 0 fully saturated rings. The van der Waals surface area contributed by atoms with E-state index >= 15 is 0 Å². The molecule has 4 heteroatoms. The SMILES string of the molecule is Cc1c(C(=O)O)sc2ccsc12. The van der Waals surface area contributed by atoms with E-state index < -0.39 is 5.97 Å². The highest BCUT2D eigenvalue weighted by atomic mass is 32.1.